The maximum atomic E-state index is 13.6. The summed E-state index contributed by atoms with van der Waals surface area (Å²) >= 11 is 0. The predicted octanol–water partition coefficient (Wildman–Crippen LogP) is 2.30. The van der Waals surface area contributed by atoms with Gasteiger partial charge in [-0.2, -0.15) is 0 Å². The van der Waals surface area contributed by atoms with Crippen LogP contribution in [0.1, 0.15) is 23.7 Å². The first-order chi connectivity index (χ1) is 7.56. The molecule has 2 N–H and O–H groups in total. The van der Waals surface area contributed by atoms with Crippen molar-refractivity contribution >= 4 is 11.8 Å². The van der Waals surface area contributed by atoms with Gasteiger partial charge in [-0.15, -0.1) is 6.58 Å². The molecule has 0 spiro atoms. The van der Waals surface area contributed by atoms with Gasteiger partial charge in [0.2, 0.25) is 0 Å². The van der Waals surface area contributed by atoms with Crippen LogP contribution >= 0.6 is 0 Å². The molecule has 4 nitrogen and oxygen atoms in total. The largest absolute Gasteiger partial charge is 0.478 e. The summed E-state index contributed by atoms with van der Waals surface area (Å²) < 4.78 is 13.6. The van der Waals surface area contributed by atoms with Gasteiger partial charge in [-0.05, 0) is 19.4 Å². The molecule has 0 radical (unpaired) electrons. The van der Waals surface area contributed by atoms with Gasteiger partial charge >= 0.3 is 5.97 Å². The zero-order valence-corrected chi connectivity index (χ0v) is 8.90. The molecule has 1 heterocycles. The van der Waals surface area contributed by atoms with E-state index in [0.717, 1.165) is 6.07 Å². The van der Waals surface area contributed by atoms with E-state index >= 15 is 0 Å². The van der Waals surface area contributed by atoms with E-state index in [1.54, 1.807) is 6.08 Å². The maximum Gasteiger partial charge on any atom is 0.338 e. The van der Waals surface area contributed by atoms with Crippen molar-refractivity contribution in [1.82, 2.24) is 4.98 Å². The Morgan fingerprint density at radius 2 is 2.50 bits per heavy atom. The summed E-state index contributed by atoms with van der Waals surface area (Å²) in [5.74, 6) is -2.19. The Morgan fingerprint density at radius 1 is 1.81 bits per heavy atom. The Balaban J connectivity index is 2.92. The van der Waals surface area contributed by atoms with E-state index in [1.165, 1.54) is 6.20 Å². The Labute approximate surface area is 92.8 Å². The molecule has 1 unspecified atom stereocenters. The van der Waals surface area contributed by atoms with E-state index in [-0.39, 0.29) is 17.4 Å². The van der Waals surface area contributed by atoms with Gasteiger partial charge in [0, 0.05) is 12.2 Å². The molecule has 86 valence electrons. The number of nitrogens with one attached hydrogen (secondary N) is 1. The van der Waals surface area contributed by atoms with Crippen molar-refractivity contribution in [3.63, 3.8) is 0 Å². The predicted molar refractivity (Wildman–Crippen MR) is 59.1 cm³/mol. The van der Waals surface area contributed by atoms with Crippen molar-refractivity contribution in [2.24, 2.45) is 0 Å². The molecule has 1 rings (SSSR count). The lowest BCUT2D eigenvalue weighted by Crippen LogP contribution is -2.17. The summed E-state index contributed by atoms with van der Waals surface area (Å²) in [7, 11) is 0. The van der Waals surface area contributed by atoms with E-state index < -0.39 is 11.8 Å². The molecule has 0 aliphatic rings. The smallest absolute Gasteiger partial charge is 0.338 e. The van der Waals surface area contributed by atoms with Gasteiger partial charge in [0.05, 0.1) is 0 Å². The second-order valence-corrected chi connectivity index (χ2v) is 3.40. The van der Waals surface area contributed by atoms with Gasteiger partial charge < -0.3 is 10.4 Å². The van der Waals surface area contributed by atoms with Gasteiger partial charge in [0.15, 0.2) is 11.6 Å². The summed E-state index contributed by atoms with van der Waals surface area (Å²) in [6.45, 7) is 5.39. The van der Waals surface area contributed by atoms with Crippen molar-refractivity contribution in [2.45, 2.75) is 19.4 Å². The minimum Gasteiger partial charge on any atom is -0.478 e. The molecule has 1 atom stereocenters. The zero-order valence-electron chi connectivity index (χ0n) is 8.90. The molecule has 0 aliphatic carbocycles. The number of halogens is 1. The molecule has 0 aliphatic heterocycles. The van der Waals surface area contributed by atoms with Crippen LogP contribution in [0.15, 0.2) is 24.9 Å². The van der Waals surface area contributed by atoms with Crippen LogP contribution in [0.5, 0.6) is 0 Å². The lowest BCUT2D eigenvalue weighted by molar-refractivity contribution is 0.0692. The van der Waals surface area contributed by atoms with E-state index in [0.29, 0.717) is 6.42 Å². The second-order valence-electron chi connectivity index (χ2n) is 3.40. The standard InChI is InChI=1S/C11H13FN2O2/c1-3-4-7(2)14-10-9(12)8(11(15)16)5-6-13-10/h3,5-7H,1,4H2,2H3,(H,13,14)(H,15,16). The first-order valence-corrected chi connectivity index (χ1v) is 4.81. The van der Waals surface area contributed by atoms with Gasteiger partial charge in [0.1, 0.15) is 5.56 Å². The Morgan fingerprint density at radius 3 is 3.06 bits per heavy atom. The highest BCUT2D eigenvalue weighted by molar-refractivity contribution is 5.88. The van der Waals surface area contributed by atoms with E-state index in [2.05, 4.69) is 16.9 Å². The van der Waals surface area contributed by atoms with Gasteiger partial charge in [0.25, 0.3) is 0 Å². The fraction of sp³-hybridized carbons (Fsp3) is 0.273. The molecule has 0 amide bonds. The number of hydrogen-bond donors (Lipinski definition) is 2. The van der Waals surface area contributed by atoms with E-state index in [4.69, 9.17) is 5.11 Å². The third kappa shape index (κ3) is 2.79. The molecule has 0 saturated heterocycles. The molecular formula is C11H13FN2O2. The third-order valence-corrected chi connectivity index (χ3v) is 2.02. The van der Waals surface area contributed by atoms with Crippen molar-refractivity contribution in [2.75, 3.05) is 5.32 Å². The fourth-order valence-electron chi connectivity index (χ4n) is 1.25. The summed E-state index contributed by atoms with van der Waals surface area (Å²) in [6, 6.07) is 1.07. The lowest BCUT2D eigenvalue weighted by Gasteiger charge is -2.13. The number of pyridine rings is 1. The molecule has 16 heavy (non-hydrogen) atoms. The number of rotatable bonds is 5. The highest BCUT2D eigenvalue weighted by Gasteiger charge is 2.15. The number of aromatic carboxylic acids is 1. The van der Waals surface area contributed by atoms with E-state index in [1.807, 2.05) is 6.92 Å². The number of carboxylic acid groups (broad SMARTS) is 1. The monoisotopic (exact) mass is 224 g/mol. The van der Waals surface area contributed by atoms with Crippen molar-refractivity contribution in [1.29, 1.82) is 0 Å². The van der Waals surface area contributed by atoms with Gasteiger partial charge in [-0.25, -0.2) is 14.2 Å². The van der Waals surface area contributed by atoms with Crippen molar-refractivity contribution in [3.8, 4) is 0 Å². The van der Waals surface area contributed by atoms with Crippen LogP contribution in [0, 0.1) is 5.82 Å². The molecule has 1 aromatic rings. The normalized spacial score (nSPS) is 11.9. The minimum atomic E-state index is -1.31. The zero-order chi connectivity index (χ0) is 12.1. The summed E-state index contributed by atoms with van der Waals surface area (Å²) in [4.78, 5) is 14.4. The maximum absolute atomic E-state index is 13.6. The summed E-state index contributed by atoms with van der Waals surface area (Å²) in [5, 5.41) is 11.5. The second kappa shape index (κ2) is 5.25. The minimum absolute atomic E-state index is 0.0470. The van der Waals surface area contributed by atoms with Crippen LogP contribution in [0.4, 0.5) is 10.2 Å². The highest BCUT2D eigenvalue weighted by atomic mass is 19.1. The lowest BCUT2D eigenvalue weighted by atomic mass is 10.2. The SMILES string of the molecule is C=CCC(C)Nc1nccc(C(=O)O)c1F. The quantitative estimate of drug-likeness (QED) is 0.753. The molecule has 0 aromatic carbocycles. The third-order valence-electron chi connectivity index (χ3n) is 2.02. The Bertz CT molecular complexity index is 407. The first kappa shape index (κ1) is 12.2. The van der Waals surface area contributed by atoms with Crippen LogP contribution in [-0.2, 0) is 0 Å². The van der Waals surface area contributed by atoms with Crippen LogP contribution < -0.4 is 5.32 Å². The average Bonchev–Trinajstić information content (AvgIpc) is 2.21. The van der Waals surface area contributed by atoms with Crippen LogP contribution in [0.25, 0.3) is 0 Å². The number of carboxylic acids is 1. The number of nitrogens with zero attached hydrogens (tertiary/aromatic N) is 1. The molecule has 1 aromatic heterocycles. The highest BCUT2D eigenvalue weighted by Crippen LogP contribution is 2.16. The molecule has 0 fully saturated rings. The number of carbonyl (C=O) groups is 1. The number of anilines is 1. The first-order valence-electron chi connectivity index (χ1n) is 4.81. The summed E-state index contributed by atoms with van der Waals surface area (Å²) in [6.07, 6.45) is 3.59. The molecular weight excluding hydrogens is 211 g/mol. The number of hydrogen-bond acceptors (Lipinski definition) is 3. The fourth-order valence-corrected chi connectivity index (χ4v) is 1.25. The topological polar surface area (TPSA) is 62.2 Å². The van der Waals surface area contributed by atoms with Gasteiger partial charge in [-0.3, -0.25) is 0 Å². The average molecular weight is 224 g/mol. The summed E-state index contributed by atoms with van der Waals surface area (Å²) in [5.41, 5.74) is -0.386. The Kier molecular flexibility index (Phi) is 3.99. The molecule has 5 heteroatoms. The van der Waals surface area contributed by atoms with Crippen LogP contribution in [0.3, 0.4) is 0 Å². The van der Waals surface area contributed by atoms with Crippen LogP contribution in [-0.4, -0.2) is 22.1 Å². The number of aromatic nitrogens is 1. The van der Waals surface area contributed by atoms with Gasteiger partial charge in [-0.1, -0.05) is 6.08 Å². The molecule has 0 saturated carbocycles. The van der Waals surface area contributed by atoms with E-state index in [9.17, 15) is 9.18 Å². The molecule has 0 bridgehead atoms. The van der Waals surface area contributed by atoms with Crippen molar-refractivity contribution < 1.29 is 14.3 Å². The van der Waals surface area contributed by atoms with Crippen molar-refractivity contribution in [3.05, 3.63) is 36.3 Å². The Hall–Kier alpha value is -1.91. The van der Waals surface area contributed by atoms with Crippen LogP contribution in [0.2, 0.25) is 0 Å².